The van der Waals surface area contributed by atoms with Gasteiger partial charge in [-0.15, -0.1) is 0 Å². The molecule has 0 radical (unpaired) electrons. The van der Waals surface area contributed by atoms with E-state index in [9.17, 15) is 9.59 Å². The quantitative estimate of drug-likeness (QED) is 0.751. The summed E-state index contributed by atoms with van der Waals surface area (Å²) in [6.07, 6.45) is 5.51. The van der Waals surface area contributed by atoms with E-state index in [2.05, 4.69) is 0 Å². The first-order chi connectivity index (χ1) is 10.7. The third-order valence-corrected chi connectivity index (χ3v) is 4.09. The highest BCUT2D eigenvalue weighted by Gasteiger charge is 2.25. The van der Waals surface area contributed by atoms with E-state index in [-0.39, 0.29) is 30.6 Å². The number of hydrogen-bond donors (Lipinski definition) is 0. The minimum absolute atomic E-state index is 0.0209. The highest BCUT2D eigenvalue weighted by molar-refractivity contribution is 5.89. The van der Waals surface area contributed by atoms with E-state index in [1.54, 1.807) is 24.3 Å². The zero-order valence-corrected chi connectivity index (χ0v) is 13.1. The second-order valence-corrected chi connectivity index (χ2v) is 5.77. The molecule has 1 aromatic rings. The van der Waals surface area contributed by atoms with Gasteiger partial charge in [-0.2, -0.15) is 0 Å². The monoisotopic (exact) mass is 304 g/mol. The van der Waals surface area contributed by atoms with Crippen LogP contribution in [0, 0.1) is 5.92 Å². The lowest BCUT2D eigenvalue weighted by Crippen LogP contribution is -2.29. The van der Waals surface area contributed by atoms with E-state index in [4.69, 9.17) is 9.47 Å². The van der Waals surface area contributed by atoms with Crippen molar-refractivity contribution in [2.75, 3.05) is 6.61 Å². The molecule has 22 heavy (non-hydrogen) atoms. The van der Waals surface area contributed by atoms with Gasteiger partial charge in [0.25, 0.3) is 0 Å². The molecule has 1 saturated carbocycles. The average Bonchev–Trinajstić information content (AvgIpc) is 2.59. The van der Waals surface area contributed by atoms with Crippen LogP contribution in [-0.4, -0.2) is 24.6 Å². The van der Waals surface area contributed by atoms with Gasteiger partial charge < -0.3 is 9.47 Å². The van der Waals surface area contributed by atoms with Gasteiger partial charge in [0, 0.05) is 0 Å². The summed E-state index contributed by atoms with van der Waals surface area (Å²) >= 11 is 0. The van der Waals surface area contributed by atoms with Gasteiger partial charge in [0.05, 0.1) is 11.5 Å². The number of carbonyl (C=O) groups excluding carboxylic acids is 2. The minimum Gasteiger partial charge on any atom is -0.459 e. The predicted molar refractivity (Wildman–Crippen MR) is 83.5 cm³/mol. The van der Waals surface area contributed by atoms with Crippen molar-refractivity contribution in [1.82, 2.24) is 0 Å². The van der Waals surface area contributed by atoms with Crippen molar-refractivity contribution in [3.05, 3.63) is 35.9 Å². The molecule has 4 heteroatoms. The normalized spacial score (nSPS) is 16.8. The second kappa shape index (κ2) is 8.57. The standard InChI is InChI=1S/C18H24O4/c1-2-16(22-18(20)15-11-7-4-8-12-15)13-21-17(19)14-9-5-3-6-10-14/h3,5-6,9-10,15-16H,2,4,7-8,11-13H2,1H3. The fourth-order valence-electron chi connectivity index (χ4n) is 2.66. The van der Waals surface area contributed by atoms with Crippen LogP contribution in [-0.2, 0) is 14.3 Å². The maximum atomic E-state index is 12.1. The number of ether oxygens (including phenoxy) is 2. The predicted octanol–water partition coefficient (Wildman–Crippen LogP) is 3.75. The molecule has 0 aromatic heterocycles. The molecule has 120 valence electrons. The molecule has 0 saturated heterocycles. The highest BCUT2D eigenvalue weighted by Crippen LogP contribution is 2.25. The fraction of sp³-hybridized carbons (Fsp3) is 0.556. The SMILES string of the molecule is CCC(COC(=O)c1ccccc1)OC(=O)C1CCCCC1. The summed E-state index contributed by atoms with van der Waals surface area (Å²) in [5.41, 5.74) is 0.510. The summed E-state index contributed by atoms with van der Waals surface area (Å²) in [5, 5.41) is 0. The first-order valence-corrected chi connectivity index (χ1v) is 8.13. The van der Waals surface area contributed by atoms with Crippen LogP contribution in [0.1, 0.15) is 55.8 Å². The minimum atomic E-state index is -0.382. The Morgan fingerprint density at radius 3 is 2.45 bits per heavy atom. The molecule has 1 aliphatic rings. The Morgan fingerprint density at radius 1 is 1.14 bits per heavy atom. The third kappa shape index (κ3) is 4.86. The maximum absolute atomic E-state index is 12.1. The van der Waals surface area contributed by atoms with E-state index in [1.807, 2.05) is 13.0 Å². The van der Waals surface area contributed by atoms with Gasteiger partial charge in [-0.05, 0) is 31.4 Å². The van der Waals surface area contributed by atoms with Crippen molar-refractivity contribution in [2.45, 2.75) is 51.6 Å². The maximum Gasteiger partial charge on any atom is 0.338 e. The highest BCUT2D eigenvalue weighted by atomic mass is 16.6. The molecular weight excluding hydrogens is 280 g/mol. The van der Waals surface area contributed by atoms with E-state index < -0.39 is 0 Å². The number of benzene rings is 1. The Hall–Kier alpha value is -1.84. The van der Waals surface area contributed by atoms with Gasteiger partial charge in [0.15, 0.2) is 0 Å². The number of rotatable bonds is 6. The van der Waals surface area contributed by atoms with Gasteiger partial charge in [0.1, 0.15) is 12.7 Å². The molecule has 0 spiro atoms. The van der Waals surface area contributed by atoms with Crippen LogP contribution in [0.3, 0.4) is 0 Å². The first kappa shape index (κ1) is 16.5. The fourth-order valence-corrected chi connectivity index (χ4v) is 2.66. The molecule has 0 amide bonds. The topological polar surface area (TPSA) is 52.6 Å². The molecule has 1 atom stereocenters. The number of esters is 2. The van der Waals surface area contributed by atoms with E-state index >= 15 is 0 Å². The van der Waals surface area contributed by atoms with Crippen molar-refractivity contribution in [1.29, 1.82) is 0 Å². The second-order valence-electron chi connectivity index (χ2n) is 5.77. The van der Waals surface area contributed by atoms with Gasteiger partial charge in [-0.1, -0.05) is 44.4 Å². The Labute approximate surface area is 131 Å². The van der Waals surface area contributed by atoms with Gasteiger partial charge in [-0.3, -0.25) is 4.79 Å². The zero-order chi connectivity index (χ0) is 15.8. The lowest BCUT2D eigenvalue weighted by Gasteiger charge is -2.23. The summed E-state index contributed by atoms with van der Waals surface area (Å²) in [5.74, 6) is -0.497. The Balaban J connectivity index is 1.79. The van der Waals surface area contributed by atoms with Crippen molar-refractivity contribution in [2.24, 2.45) is 5.92 Å². The number of hydrogen-bond acceptors (Lipinski definition) is 4. The lowest BCUT2D eigenvalue weighted by molar-refractivity contribution is -0.157. The number of carbonyl (C=O) groups is 2. The van der Waals surface area contributed by atoms with Crippen molar-refractivity contribution in [3.63, 3.8) is 0 Å². The summed E-state index contributed by atoms with van der Waals surface area (Å²) in [4.78, 5) is 24.0. The van der Waals surface area contributed by atoms with E-state index in [1.165, 1.54) is 6.42 Å². The van der Waals surface area contributed by atoms with Crippen LogP contribution in [0.5, 0.6) is 0 Å². The summed E-state index contributed by atoms with van der Waals surface area (Å²) in [6, 6.07) is 8.83. The van der Waals surface area contributed by atoms with Crippen LogP contribution in [0.2, 0.25) is 0 Å². The smallest absolute Gasteiger partial charge is 0.338 e. The Morgan fingerprint density at radius 2 is 1.82 bits per heavy atom. The van der Waals surface area contributed by atoms with Crippen LogP contribution in [0.4, 0.5) is 0 Å². The van der Waals surface area contributed by atoms with Crippen molar-refractivity contribution < 1.29 is 19.1 Å². The largest absolute Gasteiger partial charge is 0.459 e. The van der Waals surface area contributed by atoms with Gasteiger partial charge in [-0.25, -0.2) is 4.79 Å². The van der Waals surface area contributed by atoms with Crippen molar-refractivity contribution in [3.8, 4) is 0 Å². The van der Waals surface area contributed by atoms with Crippen LogP contribution in [0.15, 0.2) is 30.3 Å². The molecule has 2 rings (SSSR count). The molecule has 0 bridgehead atoms. The molecule has 0 N–H and O–H groups in total. The van der Waals surface area contributed by atoms with E-state index in [0.717, 1.165) is 25.7 Å². The Bertz CT molecular complexity index is 477. The third-order valence-electron chi connectivity index (χ3n) is 4.09. The zero-order valence-electron chi connectivity index (χ0n) is 13.1. The van der Waals surface area contributed by atoms with Gasteiger partial charge in [0.2, 0.25) is 0 Å². The molecule has 1 aliphatic carbocycles. The van der Waals surface area contributed by atoms with Crippen LogP contribution in [0.25, 0.3) is 0 Å². The van der Waals surface area contributed by atoms with Crippen molar-refractivity contribution >= 4 is 11.9 Å². The van der Waals surface area contributed by atoms with E-state index in [0.29, 0.717) is 12.0 Å². The Kier molecular flexibility index (Phi) is 6.44. The summed E-state index contributed by atoms with van der Waals surface area (Å²) < 4.78 is 10.8. The molecule has 1 aromatic carbocycles. The average molecular weight is 304 g/mol. The summed E-state index contributed by atoms with van der Waals surface area (Å²) in [6.45, 7) is 2.04. The molecular formula is C18H24O4. The molecule has 0 heterocycles. The molecule has 1 unspecified atom stereocenters. The van der Waals surface area contributed by atoms with Gasteiger partial charge >= 0.3 is 11.9 Å². The summed E-state index contributed by atoms with van der Waals surface area (Å²) in [7, 11) is 0. The lowest BCUT2D eigenvalue weighted by atomic mass is 9.89. The molecule has 4 nitrogen and oxygen atoms in total. The first-order valence-electron chi connectivity index (χ1n) is 8.13. The molecule has 1 fully saturated rings. The van der Waals surface area contributed by atoms with Crippen LogP contribution < -0.4 is 0 Å². The molecule has 0 aliphatic heterocycles. The van der Waals surface area contributed by atoms with Crippen LogP contribution >= 0.6 is 0 Å².